The third kappa shape index (κ3) is 2.06. The minimum atomic E-state index is 0.00991. The van der Waals surface area contributed by atoms with Gasteiger partial charge < -0.3 is 9.30 Å². The number of aryl methyl sites for hydroxylation is 1. The van der Waals surface area contributed by atoms with Crippen molar-refractivity contribution in [2.75, 3.05) is 6.61 Å². The van der Waals surface area contributed by atoms with E-state index in [1.165, 1.54) is 5.69 Å². The van der Waals surface area contributed by atoms with Crippen LogP contribution in [0.1, 0.15) is 36.3 Å². The van der Waals surface area contributed by atoms with E-state index < -0.39 is 0 Å². The van der Waals surface area contributed by atoms with E-state index in [-0.39, 0.29) is 17.8 Å². The molecule has 1 aromatic carbocycles. The zero-order valence-corrected chi connectivity index (χ0v) is 12.3. The molecule has 3 rings (SSSR count). The molecule has 3 nitrogen and oxygen atoms in total. The molecule has 2 aromatic rings. The Morgan fingerprint density at radius 2 is 2.10 bits per heavy atom. The van der Waals surface area contributed by atoms with Crippen molar-refractivity contribution in [1.82, 2.24) is 4.57 Å². The third-order valence-corrected chi connectivity index (χ3v) is 4.21. The van der Waals surface area contributed by atoms with Crippen molar-refractivity contribution in [2.24, 2.45) is 13.0 Å². The van der Waals surface area contributed by atoms with Crippen LogP contribution in [-0.4, -0.2) is 23.1 Å². The average Bonchev–Trinajstić information content (AvgIpc) is 2.73. The highest BCUT2D eigenvalue weighted by Gasteiger charge is 2.32. The van der Waals surface area contributed by atoms with Crippen LogP contribution in [0.25, 0.3) is 10.9 Å². The topological polar surface area (TPSA) is 31.2 Å². The van der Waals surface area contributed by atoms with Gasteiger partial charge in [0.1, 0.15) is 0 Å². The summed E-state index contributed by atoms with van der Waals surface area (Å²) in [6, 6.07) is 8.17. The van der Waals surface area contributed by atoms with E-state index in [4.69, 9.17) is 4.74 Å². The Morgan fingerprint density at radius 1 is 1.35 bits per heavy atom. The molecule has 1 aliphatic rings. The van der Waals surface area contributed by atoms with Gasteiger partial charge >= 0.3 is 0 Å². The Morgan fingerprint density at radius 3 is 2.85 bits per heavy atom. The molecule has 1 heterocycles. The highest BCUT2D eigenvalue weighted by Crippen LogP contribution is 2.33. The van der Waals surface area contributed by atoms with Crippen molar-refractivity contribution in [3.63, 3.8) is 0 Å². The summed E-state index contributed by atoms with van der Waals surface area (Å²) in [4.78, 5) is 12.8. The second-order valence-corrected chi connectivity index (χ2v) is 5.88. The van der Waals surface area contributed by atoms with Gasteiger partial charge in [-0.05, 0) is 32.8 Å². The molecule has 1 aromatic heterocycles. The maximum Gasteiger partial charge on any atom is 0.170 e. The molecule has 106 valence electrons. The predicted octanol–water partition coefficient (Wildman–Crippen LogP) is 3.35. The summed E-state index contributed by atoms with van der Waals surface area (Å²) >= 11 is 0. The quantitative estimate of drug-likeness (QED) is 0.857. The summed E-state index contributed by atoms with van der Waals surface area (Å²) in [6.45, 7) is 4.56. The third-order valence-electron chi connectivity index (χ3n) is 4.21. The minimum Gasteiger partial charge on any atom is -0.378 e. The fraction of sp³-hybridized carbons (Fsp3) is 0.471. The van der Waals surface area contributed by atoms with Crippen molar-refractivity contribution in [1.29, 1.82) is 0 Å². The van der Waals surface area contributed by atoms with Gasteiger partial charge in [-0.2, -0.15) is 0 Å². The van der Waals surface area contributed by atoms with Gasteiger partial charge in [0.15, 0.2) is 5.78 Å². The van der Waals surface area contributed by atoms with Crippen LogP contribution >= 0.6 is 0 Å². The second kappa shape index (κ2) is 5.06. The molecule has 0 N–H and O–H groups in total. The van der Waals surface area contributed by atoms with Gasteiger partial charge in [-0.25, -0.2) is 0 Å². The molecule has 0 saturated heterocycles. The molecular formula is C17H21NO2. The van der Waals surface area contributed by atoms with Crippen molar-refractivity contribution >= 4 is 16.7 Å². The Kier molecular flexibility index (Phi) is 3.38. The van der Waals surface area contributed by atoms with Gasteiger partial charge in [-0.15, -0.1) is 0 Å². The zero-order valence-electron chi connectivity index (χ0n) is 12.3. The lowest BCUT2D eigenvalue weighted by Crippen LogP contribution is -2.28. The molecule has 3 heteroatoms. The lowest BCUT2D eigenvalue weighted by atomic mass is 9.85. The summed E-state index contributed by atoms with van der Waals surface area (Å²) in [6.07, 6.45) is 2.03. The van der Waals surface area contributed by atoms with Crippen LogP contribution in [0.15, 0.2) is 24.3 Å². The maximum absolute atomic E-state index is 12.8. The molecule has 0 amide bonds. The van der Waals surface area contributed by atoms with Gasteiger partial charge in [-0.1, -0.05) is 18.2 Å². The summed E-state index contributed by atoms with van der Waals surface area (Å²) in [7, 11) is 2.05. The van der Waals surface area contributed by atoms with Crippen molar-refractivity contribution in [3.8, 4) is 0 Å². The Hall–Kier alpha value is -1.61. The largest absolute Gasteiger partial charge is 0.378 e. The van der Waals surface area contributed by atoms with E-state index in [0.717, 1.165) is 29.3 Å². The van der Waals surface area contributed by atoms with Crippen LogP contribution in [0.2, 0.25) is 0 Å². The second-order valence-electron chi connectivity index (χ2n) is 5.88. The number of hydrogen-bond acceptors (Lipinski definition) is 2. The Bertz CT molecular complexity index is 654. The zero-order chi connectivity index (χ0) is 14.3. The number of benzene rings is 1. The van der Waals surface area contributed by atoms with Crippen LogP contribution in [0.5, 0.6) is 0 Å². The molecule has 1 atom stereocenters. The molecule has 0 saturated carbocycles. The molecule has 20 heavy (non-hydrogen) atoms. The highest BCUT2D eigenvalue weighted by atomic mass is 16.5. The number of rotatable bonds is 3. The van der Waals surface area contributed by atoms with E-state index in [1.54, 1.807) is 0 Å². The van der Waals surface area contributed by atoms with Crippen LogP contribution in [-0.2, 0) is 18.2 Å². The Balaban J connectivity index is 2.00. The number of fused-ring (bicyclic) bond motifs is 3. The van der Waals surface area contributed by atoms with E-state index in [0.29, 0.717) is 6.61 Å². The molecule has 0 bridgehead atoms. The summed E-state index contributed by atoms with van der Waals surface area (Å²) < 4.78 is 7.83. The first-order valence-corrected chi connectivity index (χ1v) is 7.31. The van der Waals surface area contributed by atoms with Crippen LogP contribution in [0.3, 0.4) is 0 Å². The van der Waals surface area contributed by atoms with Crippen LogP contribution < -0.4 is 0 Å². The van der Waals surface area contributed by atoms with Crippen molar-refractivity contribution in [3.05, 3.63) is 35.5 Å². The number of Topliss-reactive ketones (excluding diaryl/α,β-unsaturated/α-hetero) is 1. The number of ether oxygens (including phenoxy) is 1. The lowest BCUT2D eigenvalue weighted by molar-refractivity contribution is 0.0426. The smallest absolute Gasteiger partial charge is 0.170 e. The van der Waals surface area contributed by atoms with Crippen molar-refractivity contribution < 1.29 is 9.53 Å². The van der Waals surface area contributed by atoms with Gasteiger partial charge in [0.2, 0.25) is 0 Å². The van der Waals surface area contributed by atoms with E-state index in [9.17, 15) is 4.79 Å². The highest BCUT2D eigenvalue weighted by molar-refractivity contribution is 6.11. The maximum atomic E-state index is 12.8. The summed E-state index contributed by atoms with van der Waals surface area (Å²) in [5, 5.41) is 1.09. The number of aromatic nitrogens is 1. The number of carbonyl (C=O) groups excluding carboxylic acids is 1. The van der Waals surface area contributed by atoms with E-state index in [1.807, 2.05) is 26.0 Å². The number of hydrogen-bond donors (Lipinski definition) is 0. The molecule has 1 aliphatic carbocycles. The minimum absolute atomic E-state index is 0.00991. The fourth-order valence-electron chi connectivity index (χ4n) is 3.13. The summed E-state index contributed by atoms with van der Waals surface area (Å²) in [5.74, 6) is 0.263. The molecule has 0 aliphatic heterocycles. The first-order chi connectivity index (χ1) is 9.59. The average molecular weight is 271 g/mol. The molecule has 0 fully saturated rings. The van der Waals surface area contributed by atoms with Crippen LogP contribution in [0, 0.1) is 5.92 Å². The molecule has 0 spiro atoms. The molecular weight excluding hydrogens is 250 g/mol. The van der Waals surface area contributed by atoms with E-state index in [2.05, 4.69) is 23.7 Å². The SMILES string of the molecule is CC(C)OCC1CCc2c(c3ccccc3n2C)C1=O. The lowest BCUT2D eigenvalue weighted by Gasteiger charge is -2.23. The number of ketones is 1. The first kappa shape index (κ1) is 13.4. The molecule has 0 radical (unpaired) electrons. The van der Waals surface area contributed by atoms with Gasteiger partial charge in [0, 0.05) is 35.1 Å². The monoisotopic (exact) mass is 271 g/mol. The number of carbonyl (C=O) groups is 1. The van der Waals surface area contributed by atoms with Gasteiger partial charge in [0.25, 0.3) is 0 Å². The molecule has 1 unspecified atom stereocenters. The normalized spacial score (nSPS) is 18.8. The summed E-state index contributed by atoms with van der Waals surface area (Å²) in [5.41, 5.74) is 3.25. The van der Waals surface area contributed by atoms with Gasteiger partial charge in [0.05, 0.1) is 12.7 Å². The standard InChI is InChI=1S/C17H21NO2/c1-11(2)20-10-12-8-9-15-16(17(12)19)13-6-4-5-7-14(13)18(15)3/h4-7,11-12H,8-10H2,1-3H3. The Labute approximate surface area is 119 Å². The van der Waals surface area contributed by atoms with E-state index >= 15 is 0 Å². The first-order valence-electron chi connectivity index (χ1n) is 7.31. The van der Waals surface area contributed by atoms with Gasteiger partial charge in [-0.3, -0.25) is 4.79 Å². The number of para-hydroxylation sites is 1. The van der Waals surface area contributed by atoms with Crippen molar-refractivity contribution in [2.45, 2.75) is 32.8 Å². The predicted molar refractivity (Wildman–Crippen MR) is 80.1 cm³/mol. The number of nitrogens with zero attached hydrogens (tertiary/aromatic N) is 1. The fourth-order valence-corrected chi connectivity index (χ4v) is 3.13. The van der Waals surface area contributed by atoms with Crippen LogP contribution in [0.4, 0.5) is 0 Å².